The lowest BCUT2D eigenvalue weighted by atomic mass is 9.99. The summed E-state index contributed by atoms with van der Waals surface area (Å²) >= 11 is 3.32. The minimum absolute atomic E-state index is 0.201. The van der Waals surface area contributed by atoms with Gasteiger partial charge in [0.15, 0.2) is 0 Å². The topological polar surface area (TPSA) is 92.1 Å². The zero-order valence-electron chi connectivity index (χ0n) is 24.8. The number of nitrogens with zero attached hydrogens (tertiary/aromatic N) is 2. The van der Waals surface area contributed by atoms with Gasteiger partial charge >= 0.3 is 0 Å². The van der Waals surface area contributed by atoms with Crippen molar-refractivity contribution in [1.82, 2.24) is 0 Å². The van der Waals surface area contributed by atoms with E-state index in [0.717, 1.165) is 29.7 Å². The fourth-order valence-electron chi connectivity index (χ4n) is 3.07. The Bertz CT molecular complexity index is 1180. The molecule has 0 unspecified atom stereocenters. The quantitative estimate of drug-likeness (QED) is 0.261. The van der Waals surface area contributed by atoms with Gasteiger partial charge in [-0.15, -0.1) is 0 Å². The van der Waals surface area contributed by atoms with Gasteiger partial charge in [-0.3, -0.25) is 0 Å². The number of ether oxygens (including phenoxy) is 2. The fourth-order valence-corrected chi connectivity index (χ4v) is 3.44. The highest BCUT2D eigenvalue weighted by molar-refractivity contribution is 9.08. The number of hydrogen-bond acceptors (Lipinski definition) is 5. The van der Waals surface area contributed by atoms with Gasteiger partial charge in [0, 0.05) is 11.9 Å². The van der Waals surface area contributed by atoms with Crippen LogP contribution >= 0.6 is 15.9 Å². The van der Waals surface area contributed by atoms with E-state index in [4.69, 9.17) is 25.7 Å². The third-order valence-electron chi connectivity index (χ3n) is 5.19. The second-order valence-electron chi connectivity index (χ2n) is 11.9. The molecule has 0 amide bonds. The van der Waals surface area contributed by atoms with Gasteiger partial charge in [0.25, 0.3) is 0 Å². The van der Waals surface area contributed by atoms with Crippen molar-refractivity contribution in [3.63, 3.8) is 0 Å². The summed E-state index contributed by atoms with van der Waals surface area (Å²) in [6.07, 6.45) is 0. The van der Waals surface area contributed by atoms with Crippen LogP contribution in [0.3, 0.4) is 0 Å². The monoisotopic (exact) mass is 605 g/mol. The Morgan fingerprint density at radius 1 is 0.600 bits per heavy atom. The molecule has 0 bridgehead atoms. The maximum absolute atomic E-state index is 8.63. The minimum atomic E-state index is 0.201. The predicted molar refractivity (Wildman–Crippen MR) is 168 cm³/mol. The molecule has 0 fully saturated rings. The number of nitrogens with two attached hydrogens (primary N) is 1. The lowest BCUT2D eigenvalue weighted by molar-refractivity contribution is 0.0599. The molecule has 0 saturated carbocycles. The molecule has 6 heteroatoms. The molecule has 0 aliphatic heterocycles. The Labute approximate surface area is 250 Å². The predicted octanol–water partition coefficient (Wildman–Crippen LogP) is 8.28. The Morgan fingerprint density at radius 2 is 0.925 bits per heavy atom. The standard InChI is InChI=1S/C13H21NO.C13H17NO.C8H6BrN/c2*1-13(2,3)10-15-9-12-6-4-11(8-14)5-7-12;9-5-7-1-3-8(6-10)4-2-7/h4-7H,8-10,14H2,1-3H3;4-7H,9-10H2,1-3H3;1-4H,5H2. The summed E-state index contributed by atoms with van der Waals surface area (Å²) in [4.78, 5) is 0. The molecule has 40 heavy (non-hydrogen) atoms. The zero-order valence-corrected chi connectivity index (χ0v) is 26.4. The molecule has 214 valence electrons. The van der Waals surface area contributed by atoms with Crippen molar-refractivity contribution in [2.24, 2.45) is 16.6 Å². The number of nitriles is 2. The minimum Gasteiger partial charge on any atom is -0.376 e. The van der Waals surface area contributed by atoms with E-state index in [1.807, 2.05) is 48.5 Å². The van der Waals surface area contributed by atoms with E-state index in [2.05, 4.69) is 93.9 Å². The molecule has 0 aromatic heterocycles. The van der Waals surface area contributed by atoms with Gasteiger partial charge in [-0.25, -0.2) is 0 Å². The molecule has 0 aliphatic rings. The summed E-state index contributed by atoms with van der Waals surface area (Å²) in [5.41, 5.74) is 12.0. The molecule has 0 atom stereocenters. The largest absolute Gasteiger partial charge is 0.376 e. The second kappa shape index (κ2) is 18.4. The third-order valence-corrected chi connectivity index (χ3v) is 5.83. The summed E-state index contributed by atoms with van der Waals surface area (Å²) < 4.78 is 11.2. The molecule has 5 nitrogen and oxygen atoms in total. The normalized spacial score (nSPS) is 10.8. The van der Waals surface area contributed by atoms with Gasteiger partial charge < -0.3 is 15.2 Å². The van der Waals surface area contributed by atoms with Crippen molar-refractivity contribution in [2.45, 2.75) is 66.6 Å². The van der Waals surface area contributed by atoms with Crippen LogP contribution < -0.4 is 5.73 Å². The molecule has 3 aromatic rings. The number of hydrogen-bond donors (Lipinski definition) is 1. The number of halogens is 1. The number of alkyl halides is 1. The van der Waals surface area contributed by atoms with E-state index in [1.54, 1.807) is 0 Å². The summed E-state index contributed by atoms with van der Waals surface area (Å²) in [5, 5.41) is 17.9. The van der Waals surface area contributed by atoms with Crippen molar-refractivity contribution in [1.29, 1.82) is 10.5 Å². The zero-order chi connectivity index (χ0) is 30.0. The molecule has 2 N–H and O–H groups in total. The second-order valence-corrected chi connectivity index (χ2v) is 12.4. The summed E-state index contributed by atoms with van der Waals surface area (Å²) in [6.45, 7) is 16.4. The average Bonchev–Trinajstić information content (AvgIpc) is 2.93. The lowest BCUT2D eigenvalue weighted by Crippen LogP contribution is -2.14. The highest BCUT2D eigenvalue weighted by atomic mass is 79.9. The highest BCUT2D eigenvalue weighted by Crippen LogP contribution is 2.15. The molecule has 0 heterocycles. The van der Waals surface area contributed by atoms with Crippen LogP contribution in [0.2, 0.25) is 0 Å². The fraction of sp³-hybridized carbons (Fsp3) is 0.412. The van der Waals surface area contributed by atoms with Crippen LogP contribution in [0.25, 0.3) is 0 Å². The van der Waals surface area contributed by atoms with Gasteiger partial charge in [-0.05, 0) is 57.3 Å². The van der Waals surface area contributed by atoms with Crippen LogP contribution in [-0.4, -0.2) is 13.2 Å². The molecule has 0 spiro atoms. The maximum atomic E-state index is 8.63. The SMILES string of the molecule is CC(C)(C)COCc1ccc(C#N)cc1.CC(C)(C)COCc1ccc(CN)cc1.N#Cc1ccc(CBr)cc1. The van der Waals surface area contributed by atoms with Crippen molar-refractivity contribution in [3.8, 4) is 12.1 Å². The molecule has 0 saturated heterocycles. The van der Waals surface area contributed by atoms with Crippen LogP contribution in [0, 0.1) is 33.5 Å². The van der Waals surface area contributed by atoms with Gasteiger partial charge in [0.05, 0.1) is 49.7 Å². The van der Waals surface area contributed by atoms with Crippen LogP contribution in [0.15, 0.2) is 72.8 Å². The first-order valence-electron chi connectivity index (χ1n) is 13.4. The van der Waals surface area contributed by atoms with Gasteiger partial charge in [0.2, 0.25) is 0 Å². The number of rotatable bonds is 8. The summed E-state index contributed by atoms with van der Waals surface area (Å²) in [7, 11) is 0. The van der Waals surface area contributed by atoms with E-state index in [0.29, 0.717) is 30.9 Å². The van der Waals surface area contributed by atoms with E-state index in [9.17, 15) is 0 Å². The first-order valence-corrected chi connectivity index (χ1v) is 14.5. The first kappa shape index (κ1) is 35.0. The molecular formula is C34H44BrN3O2. The Morgan fingerprint density at radius 3 is 1.23 bits per heavy atom. The summed E-state index contributed by atoms with van der Waals surface area (Å²) in [5.74, 6) is 0. The molecular weight excluding hydrogens is 562 g/mol. The van der Waals surface area contributed by atoms with Gasteiger partial charge in [-0.2, -0.15) is 10.5 Å². The Kier molecular flexibility index (Phi) is 16.1. The smallest absolute Gasteiger partial charge is 0.0991 e. The first-order chi connectivity index (χ1) is 18.9. The maximum Gasteiger partial charge on any atom is 0.0991 e. The van der Waals surface area contributed by atoms with Gasteiger partial charge in [0.1, 0.15) is 0 Å². The number of benzene rings is 3. The Hall–Kier alpha value is -3.00. The van der Waals surface area contributed by atoms with E-state index in [-0.39, 0.29) is 10.8 Å². The van der Waals surface area contributed by atoms with Crippen molar-refractivity contribution >= 4 is 15.9 Å². The molecule has 0 radical (unpaired) electrons. The third kappa shape index (κ3) is 16.9. The van der Waals surface area contributed by atoms with Crippen molar-refractivity contribution < 1.29 is 9.47 Å². The van der Waals surface area contributed by atoms with Crippen LogP contribution in [0.5, 0.6) is 0 Å². The molecule has 3 rings (SSSR count). The van der Waals surface area contributed by atoms with Crippen LogP contribution in [0.1, 0.15) is 74.9 Å². The van der Waals surface area contributed by atoms with Crippen LogP contribution in [-0.2, 0) is 34.6 Å². The van der Waals surface area contributed by atoms with E-state index in [1.165, 1.54) is 11.1 Å². The van der Waals surface area contributed by atoms with Gasteiger partial charge in [-0.1, -0.05) is 106 Å². The van der Waals surface area contributed by atoms with E-state index >= 15 is 0 Å². The van der Waals surface area contributed by atoms with Crippen molar-refractivity contribution in [2.75, 3.05) is 13.2 Å². The van der Waals surface area contributed by atoms with Crippen LogP contribution in [0.4, 0.5) is 0 Å². The molecule has 0 aliphatic carbocycles. The van der Waals surface area contributed by atoms with Crippen molar-refractivity contribution in [3.05, 3.63) is 106 Å². The summed E-state index contributed by atoms with van der Waals surface area (Å²) in [6, 6.07) is 27.4. The van der Waals surface area contributed by atoms with E-state index < -0.39 is 0 Å². The Balaban J connectivity index is 0.000000307. The average molecular weight is 607 g/mol. The highest BCUT2D eigenvalue weighted by Gasteiger charge is 2.10. The molecule has 3 aromatic carbocycles. The lowest BCUT2D eigenvalue weighted by Gasteiger charge is -2.18.